The zero-order valence-corrected chi connectivity index (χ0v) is 19.4. The molecule has 4 rings (SSSR count). The summed E-state index contributed by atoms with van der Waals surface area (Å²) in [6, 6.07) is 15.0. The van der Waals surface area contributed by atoms with Crippen LogP contribution in [0.5, 0.6) is 11.5 Å². The molecule has 2 aromatic carbocycles. The van der Waals surface area contributed by atoms with Gasteiger partial charge in [-0.05, 0) is 85.7 Å². The Morgan fingerprint density at radius 1 is 0.588 bits per heavy atom. The van der Waals surface area contributed by atoms with E-state index in [0.29, 0.717) is 35.8 Å². The van der Waals surface area contributed by atoms with Crippen LogP contribution in [0.4, 0.5) is 11.4 Å². The average molecular weight is 457 g/mol. The fourth-order valence-electron chi connectivity index (χ4n) is 3.66. The molecule has 0 aliphatic heterocycles. The second-order valence-corrected chi connectivity index (χ2v) is 7.97. The Balaban J connectivity index is 1.59. The van der Waals surface area contributed by atoms with Crippen LogP contribution < -0.4 is 20.1 Å². The number of allylic oxidation sites excluding steroid dienone is 6. The van der Waals surface area contributed by atoms with Crippen molar-refractivity contribution in [2.24, 2.45) is 0 Å². The van der Waals surface area contributed by atoms with Gasteiger partial charge in [-0.25, -0.2) is 0 Å². The molecule has 34 heavy (non-hydrogen) atoms. The van der Waals surface area contributed by atoms with E-state index in [1.807, 2.05) is 48.5 Å². The van der Waals surface area contributed by atoms with Crippen molar-refractivity contribution in [1.29, 1.82) is 0 Å². The van der Waals surface area contributed by atoms with Crippen LogP contribution in [0.2, 0.25) is 0 Å². The van der Waals surface area contributed by atoms with Crippen LogP contribution in [0, 0.1) is 0 Å². The van der Waals surface area contributed by atoms with Crippen LogP contribution in [-0.2, 0) is 9.59 Å². The van der Waals surface area contributed by atoms with E-state index in [1.54, 1.807) is 12.2 Å². The molecule has 0 amide bonds. The van der Waals surface area contributed by atoms with Crippen molar-refractivity contribution in [2.75, 3.05) is 23.8 Å². The number of ether oxygens (including phenoxy) is 2. The fraction of sp³-hybridized carbons (Fsp3) is 0.214. The third-order valence-corrected chi connectivity index (χ3v) is 5.30. The molecule has 174 valence electrons. The summed E-state index contributed by atoms with van der Waals surface area (Å²) in [6.07, 6.45) is 8.14. The third kappa shape index (κ3) is 5.29. The summed E-state index contributed by atoms with van der Waals surface area (Å²) in [5.41, 5.74) is 3.45. The second-order valence-electron chi connectivity index (χ2n) is 7.97. The Kier molecular flexibility index (Phi) is 7.28. The summed E-state index contributed by atoms with van der Waals surface area (Å²) in [5, 5.41) is 6.56. The number of benzene rings is 2. The van der Waals surface area contributed by atoms with Gasteiger partial charge in [-0.2, -0.15) is 0 Å². The minimum Gasteiger partial charge on any atom is -0.494 e. The van der Waals surface area contributed by atoms with Gasteiger partial charge in [-0.15, -0.1) is 0 Å². The topological polar surface area (TPSA) is 76.7 Å². The van der Waals surface area contributed by atoms with Gasteiger partial charge < -0.3 is 20.1 Å². The fourth-order valence-corrected chi connectivity index (χ4v) is 3.66. The van der Waals surface area contributed by atoms with E-state index in [9.17, 15) is 9.59 Å². The minimum absolute atomic E-state index is 0.216. The first kappa shape index (κ1) is 23.1. The molecule has 0 fully saturated rings. The predicted molar refractivity (Wildman–Crippen MR) is 134 cm³/mol. The van der Waals surface area contributed by atoms with Crippen LogP contribution in [0.3, 0.4) is 0 Å². The Labute approximate surface area is 199 Å². The molecule has 0 aromatic heterocycles. The first-order valence-electron chi connectivity index (χ1n) is 11.5. The highest BCUT2D eigenvalue weighted by atomic mass is 16.5. The van der Waals surface area contributed by atoms with Crippen molar-refractivity contribution in [3.8, 4) is 11.5 Å². The maximum atomic E-state index is 12.8. The molecule has 0 unspecified atom stereocenters. The quantitative estimate of drug-likeness (QED) is 0.486. The number of ketones is 2. The number of carbonyl (C=O) groups excluding carboxylic acids is 2. The van der Waals surface area contributed by atoms with Crippen molar-refractivity contribution < 1.29 is 19.1 Å². The van der Waals surface area contributed by atoms with Crippen LogP contribution >= 0.6 is 0 Å². The Morgan fingerprint density at radius 2 is 0.971 bits per heavy atom. The standard InChI is InChI=1S/C28H28N2O4/c1-3-17-33-21-9-5-19(6-10-21)29-23-13-15-26(32)28-24(14-16-25(31)27(23)28)30-20-7-11-22(12-8-20)34-18-4-2/h5-16,29-30H,3-4,17-18H2,1-2H3. The molecule has 0 radical (unpaired) electrons. The highest BCUT2D eigenvalue weighted by Crippen LogP contribution is 2.32. The summed E-state index contributed by atoms with van der Waals surface area (Å²) in [4.78, 5) is 25.6. The van der Waals surface area contributed by atoms with Crippen molar-refractivity contribution in [3.05, 3.63) is 95.4 Å². The molecule has 2 aliphatic rings. The van der Waals surface area contributed by atoms with Crippen molar-refractivity contribution in [3.63, 3.8) is 0 Å². The highest BCUT2D eigenvalue weighted by molar-refractivity contribution is 6.23. The summed E-state index contributed by atoms with van der Waals surface area (Å²) >= 11 is 0. The molecular weight excluding hydrogens is 428 g/mol. The van der Waals surface area contributed by atoms with Crippen LogP contribution in [0.15, 0.2) is 95.4 Å². The molecular formula is C28H28N2O4. The van der Waals surface area contributed by atoms with Crippen molar-refractivity contribution in [1.82, 2.24) is 0 Å². The number of rotatable bonds is 10. The Hall–Kier alpha value is -4.06. The molecule has 0 heterocycles. The van der Waals surface area contributed by atoms with E-state index in [1.165, 1.54) is 12.2 Å². The summed E-state index contributed by atoms with van der Waals surface area (Å²) < 4.78 is 11.3. The lowest BCUT2D eigenvalue weighted by atomic mass is 9.86. The van der Waals surface area contributed by atoms with Gasteiger partial charge in [-0.3, -0.25) is 9.59 Å². The maximum absolute atomic E-state index is 12.8. The number of carbonyl (C=O) groups is 2. The zero-order chi connectivity index (χ0) is 23.9. The minimum atomic E-state index is -0.216. The lowest BCUT2D eigenvalue weighted by Gasteiger charge is -2.23. The predicted octanol–water partition coefficient (Wildman–Crippen LogP) is 5.57. The van der Waals surface area contributed by atoms with Crippen LogP contribution in [0.1, 0.15) is 26.7 Å². The smallest absolute Gasteiger partial charge is 0.188 e. The zero-order valence-electron chi connectivity index (χ0n) is 19.4. The largest absolute Gasteiger partial charge is 0.494 e. The number of anilines is 2. The molecule has 0 bridgehead atoms. The molecule has 2 aliphatic carbocycles. The molecule has 6 heteroatoms. The maximum Gasteiger partial charge on any atom is 0.188 e. The van der Waals surface area contributed by atoms with Gasteiger partial charge in [0.2, 0.25) is 0 Å². The number of nitrogens with one attached hydrogen (secondary N) is 2. The van der Waals surface area contributed by atoms with E-state index in [2.05, 4.69) is 24.5 Å². The lowest BCUT2D eigenvalue weighted by Crippen LogP contribution is -2.24. The summed E-state index contributed by atoms with van der Waals surface area (Å²) in [6.45, 7) is 5.43. The Bertz CT molecular complexity index is 1090. The molecule has 0 spiro atoms. The number of hydrogen-bond acceptors (Lipinski definition) is 6. The molecule has 0 atom stereocenters. The van der Waals surface area contributed by atoms with Crippen LogP contribution in [0.25, 0.3) is 0 Å². The van der Waals surface area contributed by atoms with Gasteiger partial charge in [0, 0.05) is 11.4 Å². The van der Waals surface area contributed by atoms with E-state index in [0.717, 1.165) is 35.7 Å². The normalized spacial score (nSPS) is 14.9. The average Bonchev–Trinajstić information content (AvgIpc) is 2.86. The number of fused-ring (bicyclic) bond motifs is 1. The molecule has 0 saturated carbocycles. The van der Waals surface area contributed by atoms with Crippen molar-refractivity contribution >= 4 is 22.9 Å². The first-order valence-corrected chi connectivity index (χ1v) is 11.5. The van der Waals surface area contributed by atoms with E-state index >= 15 is 0 Å². The number of hydrogen-bond donors (Lipinski definition) is 2. The lowest BCUT2D eigenvalue weighted by molar-refractivity contribution is -0.114. The molecule has 6 nitrogen and oxygen atoms in total. The highest BCUT2D eigenvalue weighted by Gasteiger charge is 2.30. The molecule has 2 aromatic rings. The Morgan fingerprint density at radius 3 is 1.32 bits per heavy atom. The monoisotopic (exact) mass is 456 g/mol. The van der Waals surface area contributed by atoms with Crippen LogP contribution in [-0.4, -0.2) is 24.8 Å². The van der Waals surface area contributed by atoms with Crippen molar-refractivity contribution in [2.45, 2.75) is 26.7 Å². The third-order valence-electron chi connectivity index (χ3n) is 5.30. The second kappa shape index (κ2) is 10.7. The SMILES string of the molecule is CCCOc1ccc(NC2=C3C(=O)C=CC(Nc4ccc(OCCC)cc4)=C3C(=O)C=C2)cc1. The molecule has 0 saturated heterocycles. The summed E-state index contributed by atoms with van der Waals surface area (Å²) in [7, 11) is 0. The van der Waals surface area contributed by atoms with Gasteiger partial charge in [0.05, 0.1) is 35.8 Å². The van der Waals surface area contributed by atoms with Gasteiger partial charge in [0.25, 0.3) is 0 Å². The summed E-state index contributed by atoms with van der Waals surface area (Å²) in [5.74, 6) is 1.14. The molecule has 2 N–H and O–H groups in total. The van der Waals surface area contributed by atoms with Gasteiger partial charge >= 0.3 is 0 Å². The van der Waals surface area contributed by atoms with Gasteiger partial charge in [0.1, 0.15) is 11.5 Å². The van der Waals surface area contributed by atoms with Gasteiger partial charge in [-0.1, -0.05) is 13.8 Å². The van der Waals surface area contributed by atoms with E-state index in [4.69, 9.17) is 9.47 Å². The van der Waals surface area contributed by atoms with Gasteiger partial charge in [0.15, 0.2) is 11.6 Å². The van der Waals surface area contributed by atoms with E-state index in [-0.39, 0.29) is 11.6 Å². The van der Waals surface area contributed by atoms with E-state index < -0.39 is 0 Å². The first-order chi connectivity index (χ1) is 16.6.